The van der Waals surface area contributed by atoms with Crippen LogP contribution in [0.1, 0.15) is 63.2 Å². The zero-order chi connectivity index (χ0) is 36.0. The van der Waals surface area contributed by atoms with Gasteiger partial charge in [0.2, 0.25) is 0 Å². The number of nitrogens with one attached hydrogen (secondary N) is 2. The molecule has 2 aromatic carbocycles. The molecule has 7 amide bonds. The monoisotopic (exact) mass is 681 g/mol. The lowest BCUT2D eigenvalue weighted by molar-refractivity contribution is 0.104. The van der Waals surface area contributed by atoms with E-state index >= 15 is 0 Å². The van der Waals surface area contributed by atoms with Gasteiger partial charge in [0, 0.05) is 36.6 Å². The number of halogens is 4. The summed E-state index contributed by atoms with van der Waals surface area (Å²) in [6.07, 6.45) is 1.62. The van der Waals surface area contributed by atoms with E-state index < -0.39 is 59.5 Å². The van der Waals surface area contributed by atoms with Crippen LogP contribution in [0, 0.1) is 45.9 Å². The summed E-state index contributed by atoms with van der Waals surface area (Å²) in [5.74, 6) is -3.45. The molecule has 1 saturated heterocycles. The highest BCUT2D eigenvalue weighted by molar-refractivity contribution is 5.97. The molecule has 0 radical (unpaired) electrons. The van der Waals surface area contributed by atoms with Crippen molar-refractivity contribution in [2.75, 3.05) is 19.7 Å². The number of allylic oxidation sites excluding steroid dienone is 2. The molecule has 2 N–H and O–H groups in total. The number of likely N-dealkylation sites (tertiary alicyclic amines) is 1. The fourth-order valence-electron chi connectivity index (χ4n) is 5.68. The summed E-state index contributed by atoms with van der Waals surface area (Å²) in [4.78, 5) is 52.7. The van der Waals surface area contributed by atoms with Gasteiger partial charge in [0.15, 0.2) is 0 Å². The van der Waals surface area contributed by atoms with E-state index in [0.29, 0.717) is 30.1 Å². The standard InChI is InChI=1S/C18H18F2N4O2.C15H13F2N3O3/c1-11-15(10-21)16(12-7-13(19)9-14(20)8-12)24(17(25)22-11)18(26)23-5-3-2-4-6-23;1-3-23-15(22)20-13(9-4-10(16)6-11(17)5-9)12(7-18)8(2)19-14(20)21/h7-9,16H,2-6H2,1H3,(H,22,25);4-6,13H,3H2,1-2H3,(H,19,21). The predicted octanol–water partition coefficient (Wildman–Crippen LogP) is 6.42. The van der Waals surface area contributed by atoms with E-state index in [1.54, 1.807) is 6.92 Å². The van der Waals surface area contributed by atoms with Crippen molar-refractivity contribution in [2.24, 2.45) is 0 Å². The third kappa shape index (κ3) is 7.81. The number of urea groups is 3. The van der Waals surface area contributed by atoms with Crippen LogP contribution in [0.4, 0.5) is 36.7 Å². The Morgan fingerprint density at radius 3 is 1.57 bits per heavy atom. The lowest BCUT2D eigenvalue weighted by Gasteiger charge is -2.39. The topological polar surface area (TPSA) is 159 Å². The minimum Gasteiger partial charge on any atom is -0.449 e. The molecule has 0 saturated carbocycles. The number of nitrogens with zero attached hydrogens (tertiary/aromatic N) is 5. The Labute approximate surface area is 278 Å². The molecule has 2 aromatic rings. The number of amides is 7. The van der Waals surface area contributed by atoms with Crippen molar-refractivity contribution in [1.29, 1.82) is 10.5 Å². The molecule has 2 atom stereocenters. The molecule has 3 heterocycles. The summed E-state index contributed by atoms with van der Waals surface area (Å²) < 4.78 is 59.3. The quantitative estimate of drug-likeness (QED) is 0.354. The number of nitriles is 2. The number of piperidine rings is 1. The molecule has 5 rings (SSSR count). The van der Waals surface area contributed by atoms with Crippen LogP contribution in [0.3, 0.4) is 0 Å². The van der Waals surface area contributed by atoms with Crippen molar-refractivity contribution in [2.45, 2.75) is 52.1 Å². The number of ether oxygens (including phenoxy) is 1. The van der Waals surface area contributed by atoms with Crippen molar-refractivity contribution in [3.05, 3.63) is 93.3 Å². The Kier molecular flexibility index (Phi) is 11.2. The van der Waals surface area contributed by atoms with Gasteiger partial charge in [0.1, 0.15) is 35.4 Å². The molecule has 256 valence electrons. The fourth-order valence-corrected chi connectivity index (χ4v) is 5.68. The van der Waals surface area contributed by atoms with E-state index in [0.717, 1.165) is 48.4 Å². The van der Waals surface area contributed by atoms with Crippen molar-refractivity contribution in [1.82, 2.24) is 25.3 Å². The van der Waals surface area contributed by atoms with Gasteiger partial charge in [-0.15, -0.1) is 0 Å². The third-order valence-electron chi connectivity index (χ3n) is 7.84. The molecule has 0 spiro atoms. The Morgan fingerprint density at radius 1 is 0.755 bits per heavy atom. The first-order chi connectivity index (χ1) is 23.3. The van der Waals surface area contributed by atoms with Gasteiger partial charge in [-0.2, -0.15) is 10.5 Å². The van der Waals surface area contributed by atoms with Gasteiger partial charge in [-0.25, -0.2) is 46.5 Å². The molecule has 0 aromatic heterocycles. The Morgan fingerprint density at radius 2 is 1.16 bits per heavy atom. The van der Waals surface area contributed by atoms with Crippen LogP contribution in [0.5, 0.6) is 0 Å². The molecule has 12 nitrogen and oxygen atoms in total. The highest BCUT2D eigenvalue weighted by Crippen LogP contribution is 2.36. The molecule has 16 heteroatoms. The first-order valence-corrected chi connectivity index (χ1v) is 15.1. The van der Waals surface area contributed by atoms with Crippen LogP contribution in [-0.2, 0) is 4.74 Å². The van der Waals surface area contributed by atoms with Crippen LogP contribution in [0.15, 0.2) is 58.9 Å². The molecule has 3 aliphatic rings. The maximum Gasteiger partial charge on any atom is 0.418 e. The molecule has 0 bridgehead atoms. The van der Waals surface area contributed by atoms with Crippen LogP contribution in [0.25, 0.3) is 0 Å². The van der Waals surface area contributed by atoms with Crippen LogP contribution in [-0.4, -0.2) is 58.6 Å². The normalized spacial score (nSPS) is 19.2. The largest absolute Gasteiger partial charge is 0.449 e. The van der Waals surface area contributed by atoms with Crippen molar-refractivity contribution in [3.8, 4) is 12.1 Å². The van der Waals surface area contributed by atoms with Crippen molar-refractivity contribution < 1.29 is 41.5 Å². The molecule has 49 heavy (non-hydrogen) atoms. The number of imide groups is 2. The van der Waals surface area contributed by atoms with E-state index in [2.05, 4.69) is 10.6 Å². The zero-order valence-electron chi connectivity index (χ0n) is 26.7. The van der Waals surface area contributed by atoms with E-state index in [4.69, 9.17) is 4.74 Å². The van der Waals surface area contributed by atoms with E-state index in [-0.39, 0.29) is 40.3 Å². The molecule has 0 aliphatic carbocycles. The van der Waals surface area contributed by atoms with Gasteiger partial charge in [-0.1, -0.05) is 0 Å². The second kappa shape index (κ2) is 15.3. The van der Waals surface area contributed by atoms with Gasteiger partial charge < -0.3 is 20.3 Å². The number of carbonyl (C=O) groups excluding carboxylic acids is 4. The molecular weight excluding hydrogens is 650 g/mol. The predicted molar refractivity (Wildman–Crippen MR) is 163 cm³/mol. The molecule has 3 aliphatic heterocycles. The Bertz CT molecular complexity index is 1790. The van der Waals surface area contributed by atoms with Crippen LogP contribution in [0.2, 0.25) is 0 Å². The molecule has 1 fully saturated rings. The summed E-state index contributed by atoms with van der Waals surface area (Å²) in [5.41, 5.74) is 0.519. The fraction of sp³-hybridized carbons (Fsp3) is 0.333. The van der Waals surface area contributed by atoms with E-state index in [1.165, 1.54) is 18.7 Å². The number of hydrogen-bond donors (Lipinski definition) is 2. The van der Waals surface area contributed by atoms with Gasteiger partial charge in [-0.05, 0) is 75.4 Å². The summed E-state index contributed by atoms with van der Waals surface area (Å²) in [6, 6.07) is 4.60. The van der Waals surface area contributed by atoms with Gasteiger partial charge >= 0.3 is 24.2 Å². The Hall–Kier alpha value is -5.90. The second-order valence-corrected chi connectivity index (χ2v) is 11.1. The maximum absolute atomic E-state index is 13.7. The van der Waals surface area contributed by atoms with Crippen LogP contribution >= 0.6 is 0 Å². The third-order valence-corrected chi connectivity index (χ3v) is 7.84. The lowest BCUT2D eigenvalue weighted by atomic mass is 9.94. The average Bonchev–Trinajstić information content (AvgIpc) is 3.03. The van der Waals surface area contributed by atoms with Gasteiger partial charge in [0.25, 0.3) is 0 Å². The summed E-state index contributed by atoms with van der Waals surface area (Å²) >= 11 is 0. The first-order valence-electron chi connectivity index (χ1n) is 15.1. The molecule has 2 unspecified atom stereocenters. The van der Waals surface area contributed by atoms with E-state index in [9.17, 15) is 47.3 Å². The van der Waals surface area contributed by atoms with Crippen molar-refractivity contribution in [3.63, 3.8) is 0 Å². The molecular formula is C33H31F4N7O5. The number of benzene rings is 2. The second-order valence-electron chi connectivity index (χ2n) is 11.1. The highest BCUT2D eigenvalue weighted by atomic mass is 19.1. The summed E-state index contributed by atoms with van der Waals surface area (Å²) in [7, 11) is 0. The first kappa shape index (κ1) is 35.9. The van der Waals surface area contributed by atoms with Gasteiger partial charge in [0.05, 0.1) is 29.9 Å². The SMILES string of the molecule is CC1=C(C#N)C(c2cc(F)cc(F)c2)N(C(=O)N2CCCCC2)C(=O)N1.CCOC(=O)N1C(=O)NC(C)=C(C#N)C1c1cc(F)cc(F)c1. The average molecular weight is 682 g/mol. The van der Waals surface area contributed by atoms with Gasteiger partial charge in [-0.3, -0.25) is 0 Å². The number of rotatable bonds is 3. The summed E-state index contributed by atoms with van der Waals surface area (Å²) in [6.45, 7) is 5.51. The minimum absolute atomic E-state index is 0.00255. The smallest absolute Gasteiger partial charge is 0.418 e. The zero-order valence-corrected chi connectivity index (χ0v) is 26.7. The highest BCUT2D eigenvalue weighted by Gasteiger charge is 2.42. The number of hydrogen-bond acceptors (Lipinski definition) is 7. The Balaban J connectivity index is 0.000000223. The lowest BCUT2D eigenvalue weighted by Crippen LogP contribution is -2.55. The van der Waals surface area contributed by atoms with Crippen molar-refractivity contribution >= 4 is 24.2 Å². The van der Waals surface area contributed by atoms with E-state index in [1.807, 2.05) is 12.1 Å². The summed E-state index contributed by atoms with van der Waals surface area (Å²) in [5, 5.41) is 23.7. The minimum atomic E-state index is -1.27. The number of carbonyl (C=O) groups is 4. The maximum atomic E-state index is 13.7. The van der Waals surface area contributed by atoms with Crippen LogP contribution < -0.4 is 10.6 Å².